The second-order valence-corrected chi connectivity index (χ2v) is 7.58. The number of ether oxygens (including phenoxy) is 3. The third-order valence-electron chi connectivity index (χ3n) is 3.61. The van der Waals surface area contributed by atoms with Crippen LogP contribution in [0, 0.1) is 5.41 Å². The molecule has 1 aromatic carbocycles. The Morgan fingerprint density at radius 2 is 1.88 bits per heavy atom. The second-order valence-electron chi connectivity index (χ2n) is 7.58. The molecule has 1 heterocycles. The summed E-state index contributed by atoms with van der Waals surface area (Å²) in [6.07, 6.45) is -0.780. The van der Waals surface area contributed by atoms with Crippen molar-refractivity contribution in [2.45, 2.75) is 39.3 Å². The molecular weight excluding hydrogens is 326 g/mol. The molecule has 0 spiro atoms. The molecule has 0 aromatic heterocycles. The fourth-order valence-corrected chi connectivity index (χ4v) is 2.26. The molecule has 1 amide bonds. The van der Waals surface area contributed by atoms with Gasteiger partial charge in [0.2, 0.25) is 0 Å². The zero-order valence-electron chi connectivity index (χ0n) is 15.0. The molecule has 0 unspecified atom stereocenters. The van der Waals surface area contributed by atoms with Gasteiger partial charge in [0.05, 0.1) is 19.8 Å². The van der Waals surface area contributed by atoms with E-state index < -0.39 is 23.7 Å². The van der Waals surface area contributed by atoms with Crippen LogP contribution in [0.3, 0.4) is 0 Å². The third-order valence-corrected chi connectivity index (χ3v) is 3.61. The Bertz CT molecular complexity index is 615. The molecule has 2 rings (SSSR count). The van der Waals surface area contributed by atoms with Crippen molar-refractivity contribution in [1.82, 2.24) is 5.32 Å². The molecule has 0 saturated carbocycles. The Morgan fingerprint density at radius 1 is 1.28 bits per heavy atom. The summed E-state index contributed by atoms with van der Waals surface area (Å²) in [6.45, 7) is 9.09. The molecule has 1 fully saturated rings. The second kappa shape index (κ2) is 7.31. The number of carbonyl (C=O) groups excluding carboxylic acids is 1. The molecular formula is C18H25NO6. The van der Waals surface area contributed by atoms with E-state index in [-0.39, 0.29) is 5.41 Å². The molecule has 0 aliphatic carbocycles. The summed E-state index contributed by atoms with van der Waals surface area (Å²) in [5.41, 5.74) is -0.240. The van der Waals surface area contributed by atoms with Crippen LogP contribution in [0.15, 0.2) is 24.3 Å². The van der Waals surface area contributed by atoms with E-state index >= 15 is 0 Å². The highest BCUT2D eigenvalue weighted by molar-refractivity contribution is 5.81. The average Bonchev–Trinajstić information content (AvgIpc) is 2.47. The van der Waals surface area contributed by atoms with Gasteiger partial charge in [-0.25, -0.2) is 9.59 Å². The van der Waals surface area contributed by atoms with Gasteiger partial charge in [0.15, 0.2) is 6.04 Å². The lowest BCUT2D eigenvalue weighted by atomic mass is 9.90. The van der Waals surface area contributed by atoms with E-state index in [0.29, 0.717) is 31.1 Å². The van der Waals surface area contributed by atoms with Gasteiger partial charge in [-0.15, -0.1) is 0 Å². The van der Waals surface area contributed by atoms with Crippen LogP contribution in [-0.2, 0) is 14.3 Å². The number of benzene rings is 1. The van der Waals surface area contributed by atoms with E-state index in [1.807, 2.05) is 0 Å². The van der Waals surface area contributed by atoms with E-state index in [0.717, 1.165) is 0 Å². The normalized spacial score (nSPS) is 17.1. The molecule has 1 aromatic rings. The molecule has 1 atom stereocenters. The topological polar surface area (TPSA) is 94.1 Å². The van der Waals surface area contributed by atoms with Gasteiger partial charge in [-0.1, -0.05) is 19.1 Å². The van der Waals surface area contributed by atoms with Gasteiger partial charge in [0, 0.05) is 5.41 Å². The number of carbonyl (C=O) groups is 2. The van der Waals surface area contributed by atoms with Crippen LogP contribution in [0.25, 0.3) is 0 Å². The van der Waals surface area contributed by atoms with Crippen molar-refractivity contribution in [3.8, 4) is 5.75 Å². The summed E-state index contributed by atoms with van der Waals surface area (Å²) in [5, 5.41) is 11.7. The average molecular weight is 351 g/mol. The van der Waals surface area contributed by atoms with Crippen LogP contribution in [0.1, 0.15) is 39.3 Å². The summed E-state index contributed by atoms with van der Waals surface area (Å²) in [4.78, 5) is 23.3. The van der Waals surface area contributed by atoms with Crippen LogP contribution in [-0.4, -0.2) is 42.6 Å². The lowest BCUT2D eigenvalue weighted by molar-refractivity contribution is -0.139. The first kappa shape index (κ1) is 19.1. The van der Waals surface area contributed by atoms with Crippen LogP contribution in [0.4, 0.5) is 4.79 Å². The number of nitrogens with one attached hydrogen (secondary N) is 1. The quantitative estimate of drug-likeness (QED) is 0.818. The fourth-order valence-electron chi connectivity index (χ4n) is 2.26. The Labute approximate surface area is 147 Å². The van der Waals surface area contributed by atoms with Crippen LogP contribution >= 0.6 is 0 Å². The maximum absolute atomic E-state index is 11.8. The number of carboxylic acids is 1. The van der Waals surface area contributed by atoms with E-state index in [2.05, 4.69) is 12.2 Å². The summed E-state index contributed by atoms with van der Waals surface area (Å²) in [7, 11) is 0. The van der Waals surface area contributed by atoms with Crippen LogP contribution in [0.2, 0.25) is 0 Å². The number of aliphatic carboxylic acids is 1. The first-order valence-corrected chi connectivity index (χ1v) is 8.11. The smallest absolute Gasteiger partial charge is 0.408 e. The first-order chi connectivity index (χ1) is 11.6. The summed E-state index contributed by atoms with van der Waals surface area (Å²) in [5.74, 6) is -0.531. The van der Waals surface area contributed by atoms with Gasteiger partial charge in [-0.05, 0) is 38.5 Å². The molecule has 7 nitrogen and oxygen atoms in total. The van der Waals surface area contributed by atoms with Crippen LogP contribution in [0.5, 0.6) is 5.75 Å². The van der Waals surface area contributed by atoms with Gasteiger partial charge >= 0.3 is 12.1 Å². The molecule has 1 aliphatic rings. The van der Waals surface area contributed by atoms with Crippen molar-refractivity contribution in [1.29, 1.82) is 0 Å². The van der Waals surface area contributed by atoms with Crippen molar-refractivity contribution < 1.29 is 28.9 Å². The Morgan fingerprint density at radius 3 is 2.32 bits per heavy atom. The molecule has 25 heavy (non-hydrogen) atoms. The van der Waals surface area contributed by atoms with E-state index in [9.17, 15) is 14.7 Å². The number of carboxylic acid groups (broad SMARTS) is 1. The monoisotopic (exact) mass is 351 g/mol. The standard InChI is InChI=1S/C18H25NO6/c1-17(2,3)25-16(22)19-14(15(20)21)12-5-7-13(8-6-12)24-11-18(4)9-23-10-18/h5-8,14H,9-11H2,1-4H3,(H,19,22)(H,20,21)/t14-/m1/s1. The number of hydrogen-bond acceptors (Lipinski definition) is 5. The van der Waals surface area contributed by atoms with E-state index in [1.165, 1.54) is 0 Å². The molecule has 0 radical (unpaired) electrons. The number of amides is 1. The molecule has 138 valence electrons. The Balaban J connectivity index is 1.98. The van der Waals surface area contributed by atoms with Crippen molar-refractivity contribution in [2.75, 3.05) is 19.8 Å². The Kier molecular flexibility index (Phi) is 5.57. The van der Waals surface area contributed by atoms with Gasteiger partial charge < -0.3 is 24.6 Å². The predicted molar refractivity (Wildman–Crippen MR) is 90.6 cm³/mol. The molecule has 7 heteroatoms. The molecule has 2 N–H and O–H groups in total. The van der Waals surface area contributed by atoms with E-state index in [1.54, 1.807) is 45.0 Å². The van der Waals surface area contributed by atoms with Gasteiger partial charge in [-0.3, -0.25) is 0 Å². The highest BCUT2D eigenvalue weighted by Crippen LogP contribution is 2.28. The third kappa shape index (κ3) is 5.63. The fraction of sp³-hybridized carbons (Fsp3) is 0.556. The molecule has 1 aliphatic heterocycles. The first-order valence-electron chi connectivity index (χ1n) is 8.11. The maximum Gasteiger partial charge on any atom is 0.408 e. The summed E-state index contributed by atoms with van der Waals surface area (Å²) >= 11 is 0. The summed E-state index contributed by atoms with van der Waals surface area (Å²) < 4.78 is 16.0. The van der Waals surface area contributed by atoms with Crippen molar-refractivity contribution in [3.63, 3.8) is 0 Å². The lowest BCUT2D eigenvalue weighted by Crippen LogP contribution is -2.44. The van der Waals surface area contributed by atoms with Gasteiger partial charge in [0.25, 0.3) is 0 Å². The number of alkyl carbamates (subject to hydrolysis) is 1. The van der Waals surface area contributed by atoms with Crippen molar-refractivity contribution in [2.24, 2.45) is 5.41 Å². The van der Waals surface area contributed by atoms with Crippen molar-refractivity contribution >= 4 is 12.1 Å². The number of hydrogen-bond donors (Lipinski definition) is 2. The van der Waals surface area contributed by atoms with Crippen molar-refractivity contribution in [3.05, 3.63) is 29.8 Å². The lowest BCUT2D eigenvalue weighted by Gasteiger charge is -2.37. The minimum atomic E-state index is -1.19. The Hall–Kier alpha value is -2.28. The predicted octanol–water partition coefficient (Wildman–Crippen LogP) is 2.75. The van der Waals surface area contributed by atoms with Gasteiger partial charge in [0.1, 0.15) is 11.4 Å². The molecule has 1 saturated heterocycles. The van der Waals surface area contributed by atoms with Crippen LogP contribution < -0.4 is 10.1 Å². The largest absolute Gasteiger partial charge is 0.493 e. The van der Waals surface area contributed by atoms with Gasteiger partial charge in [-0.2, -0.15) is 0 Å². The van der Waals surface area contributed by atoms with E-state index in [4.69, 9.17) is 14.2 Å². The zero-order valence-corrected chi connectivity index (χ0v) is 15.0. The minimum absolute atomic E-state index is 0.0283. The molecule has 0 bridgehead atoms. The zero-order chi connectivity index (χ0) is 18.7. The summed E-state index contributed by atoms with van der Waals surface area (Å²) in [6, 6.07) is 5.41. The SMILES string of the molecule is CC1(COc2ccc([C@@H](NC(=O)OC(C)(C)C)C(=O)O)cc2)COC1. The highest BCUT2D eigenvalue weighted by atomic mass is 16.6. The minimum Gasteiger partial charge on any atom is -0.493 e. The highest BCUT2D eigenvalue weighted by Gasteiger charge is 2.34. The maximum atomic E-state index is 11.8. The number of rotatable bonds is 6.